The van der Waals surface area contributed by atoms with Crippen molar-refractivity contribution in [2.45, 2.75) is 58.2 Å². The Morgan fingerprint density at radius 3 is 2.45 bits per heavy atom. The molecule has 1 nitrogen and oxygen atoms in total. The highest BCUT2D eigenvalue weighted by atomic mass is 16.5. The zero-order valence-corrected chi connectivity index (χ0v) is 7.89. The smallest absolute Gasteiger partial charge is 0.0614 e. The van der Waals surface area contributed by atoms with Gasteiger partial charge in [0.25, 0.3) is 0 Å². The van der Waals surface area contributed by atoms with Gasteiger partial charge in [0.2, 0.25) is 0 Å². The van der Waals surface area contributed by atoms with Gasteiger partial charge >= 0.3 is 0 Å². The quantitative estimate of drug-likeness (QED) is 0.565. The minimum absolute atomic E-state index is 0.0263. The molecule has 0 aliphatic heterocycles. The Kier molecular flexibility index (Phi) is 2.94. The summed E-state index contributed by atoms with van der Waals surface area (Å²) in [6, 6.07) is 0. The van der Waals surface area contributed by atoms with Crippen LogP contribution in [0.5, 0.6) is 0 Å². The van der Waals surface area contributed by atoms with Crippen LogP contribution in [0, 0.1) is 6.42 Å². The first-order valence-electron chi connectivity index (χ1n) is 4.59. The SMILES string of the molecule is CC(C)(C)OC1[CH]CCCC1. The van der Waals surface area contributed by atoms with Gasteiger partial charge in [0.1, 0.15) is 0 Å². The van der Waals surface area contributed by atoms with E-state index in [2.05, 4.69) is 27.2 Å². The van der Waals surface area contributed by atoms with Crippen LogP contribution in [-0.2, 0) is 4.74 Å². The molecule has 1 saturated carbocycles. The molecule has 0 aromatic heterocycles. The van der Waals surface area contributed by atoms with Gasteiger partial charge in [-0.1, -0.05) is 12.8 Å². The zero-order chi connectivity index (χ0) is 8.32. The van der Waals surface area contributed by atoms with Gasteiger partial charge in [0.05, 0.1) is 11.7 Å². The first kappa shape index (κ1) is 9.05. The van der Waals surface area contributed by atoms with Gasteiger partial charge in [-0.15, -0.1) is 0 Å². The Labute approximate surface area is 70.1 Å². The third-order valence-electron chi connectivity index (χ3n) is 1.88. The maximum atomic E-state index is 5.82. The van der Waals surface area contributed by atoms with Crippen molar-refractivity contribution in [2.75, 3.05) is 0 Å². The summed E-state index contributed by atoms with van der Waals surface area (Å²) in [7, 11) is 0. The van der Waals surface area contributed by atoms with E-state index in [1.54, 1.807) is 0 Å². The van der Waals surface area contributed by atoms with Gasteiger partial charge in [0.15, 0.2) is 0 Å². The van der Waals surface area contributed by atoms with Crippen molar-refractivity contribution in [2.24, 2.45) is 0 Å². The van der Waals surface area contributed by atoms with Gasteiger partial charge in [-0.05, 0) is 40.0 Å². The average Bonchev–Trinajstić information content (AvgIpc) is 1.85. The fraction of sp³-hybridized carbons (Fsp3) is 0.900. The fourth-order valence-corrected chi connectivity index (χ4v) is 1.47. The molecule has 0 amide bonds. The van der Waals surface area contributed by atoms with E-state index in [0.29, 0.717) is 6.10 Å². The Morgan fingerprint density at radius 2 is 2.00 bits per heavy atom. The molecule has 1 atom stereocenters. The Balaban J connectivity index is 2.24. The highest BCUT2D eigenvalue weighted by molar-refractivity contribution is 4.83. The molecule has 1 aliphatic rings. The molecule has 0 bridgehead atoms. The largest absolute Gasteiger partial charge is 0.372 e. The lowest BCUT2D eigenvalue weighted by Gasteiger charge is -2.29. The van der Waals surface area contributed by atoms with E-state index in [9.17, 15) is 0 Å². The Bertz CT molecular complexity index is 107. The normalized spacial score (nSPS) is 22.1. The van der Waals surface area contributed by atoms with E-state index in [4.69, 9.17) is 4.74 Å². The molecule has 1 aliphatic carbocycles. The number of hydrogen-bond acceptors (Lipinski definition) is 1. The lowest BCUT2D eigenvalue weighted by Crippen LogP contribution is -2.29. The van der Waals surface area contributed by atoms with Crippen LogP contribution in [-0.4, -0.2) is 11.7 Å². The van der Waals surface area contributed by atoms with Crippen LogP contribution in [0.25, 0.3) is 0 Å². The predicted molar refractivity (Wildman–Crippen MR) is 47.4 cm³/mol. The van der Waals surface area contributed by atoms with E-state index in [1.165, 1.54) is 25.7 Å². The molecule has 1 radical (unpaired) electrons. The molecular formula is C10H19O. The molecule has 0 N–H and O–H groups in total. The van der Waals surface area contributed by atoms with Crippen molar-refractivity contribution in [3.63, 3.8) is 0 Å². The third kappa shape index (κ3) is 3.76. The highest BCUT2D eigenvalue weighted by Gasteiger charge is 2.20. The molecule has 1 rings (SSSR count). The summed E-state index contributed by atoms with van der Waals surface area (Å²) < 4.78 is 5.82. The topological polar surface area (TPSA) is 9.23 Å². The van der Waals surface area contributed by atoms with E-state index >= 15 is 0 Å². The molecule has 1 unspecified atom stereocenters. The van der Waals surface area contributed by atoms with Crippen LogP contribution >= 0.6 is 0 Å². The molecule has 1 fully saturated rings. The fourth-order valence-electron chi connectivity index (χ4n) is 1.47. The summed E-state index contributed by atoms with van der Waals surface area (Å²) in [6.07, 6.45) is 7.87. The second-order valence-corrected chi connectivity index (χ2v) is 4.29. The summed E-state index contributed by atoms with van der Waals surface area (Å²) in [4.78, 5) is 0. The van der Waals surface area contributed by atoms with Crippen LogP contribution in [0.2, 0.25) is 0 Å². The molecule has 0 heterocycles. The molecule has 0 aromatic carbocycles. The molecule has 0 aromatic rings. The first-order chi connectivity index (χ1) is 5.08. The highest BCUT2D eigenvalue weighted by Crippen LogP contribution is 2.23. The third-order valence-corrected chi connectivity index (χ3v) is 1.88. The zero-order valence-electron chi connectivity index (χ0n) is 7.89. The van der Waals surface area contributed by atoms with E-state index in [0.717, 1.165) is 0 Å². The first-order valence-corrected chi connectivity index (χ1v) is 4.59. The van der Waals surface area contributed by atoms with Gasteiger partial charge in [-0.25, -0.2) is 0 Å². The van der Waals surface area contributed by atoms with Gasteiger partial charge in [-0.3, -0.25) is 0 Å². The van der Waals surface area contributed by atoms with Crippen LogP contribution in [0.15, 0.2) is 0 Å². The monoisotopic (exact) mass is 155 g/mol. The van der Waals surface area contributed by atoms with Crippen molar-refractivity contribution in [1.82, 2.24) is 0 Å². The molecule has 0 spiro atoms. The summed E-state index contributed by atoms with van der Waals surface area (Å²) in [5, 5.41) is 0. The maximum absolute atomic E-state index is 5.82. The van der Waals surface area contributed by atoms with Crippen molar-refractivity contribution < 1.29 is 4.74 Å². The number of ether oxygens (including phenoxy) is 1. The molecule has 0 saturated heterocycles. The van der Waals surface area contributed by atoms with Crippen molar-refractivity contribution in [3.8, 4) is 0 Å². The van der Waals surface area contributed by atoms with Crippen LogP contribution in [0.3, 0.4) is 0 Å². The van der Waals surface area contributed by atoms with Crippen LogP contribution in [0.1, 0.15) is 46.5 Å². The molecular weight excluding hydrogens is 136 g/mol. The second-order valence-electron chi connectivity index (χ2n) is 4.29. The van der Waals surface area contributed by atoms with Gasteiger partial charge in [-0.2, -0.15) is 0 Å². The van der Waals surface area contributed by atoms with Crippen molar-refractivity contribution in [1.29, 1.82) is 0 Å². The lowest BCUT2D eigenvalue weighted by atomic mass is 9.97. The minimum Gasteiger partial charge on any atom is -0.372 e. The molecule has 11 heavy (non-hydrogen) atoms. The lowest BCUT2D eigenvalue weighted by molar-refractivity contribution is -0.0540. The molecule has 1 heteroatoms. The van der Waals surface area contributed by atoms with E-state index in [1.807, 2.05) is 0 Å². The van der Waals surface area contributed by atoms with Crippen LogP contribution in [0.4, 0.5) is 0 Å². The second kappa shape index (κ2) is 3.57. The Hall–Kier alpha value is -0.0400. The predicted octanol–water partition coefficient (Wildman–Crippen LogP) is 2.95. The number of hydrogen-bond donors (Lipinski definition) is 0. The molecule has 65 valence electrons. The standard InChI is InChI=1S/C10H19O/c1-10(2,3)11-9-7-5-4-6-8-9/h7,9H,4-6,8H2,1-3H3. The number of rotatable bonds is 1. The maximum Gasteiger partial charge on any atom is 0.0614 e. The Morgan fingerprint density at radius 1 is 1.27 bits per heavy atom. The summed E-state index contributed by atoms with van der Waals surface area (Å²) in [5.41, 5.74) is 0.0263. The van der Waals surface area contributed by atoms with Gasteiger partial charge < -0.3 is 4.74 Å². The van der Waals surface area contributed by atoms with E-state index in [-0.39, 0.29) is 5.60 Å². The average molecular weight is 155 g/mol. The van der Waals surface area contributed by atoms with E-state index < -0.39 is 0 Å². The van der Waals surface area contributed by atoms with Gasteiger partial charge in [0, 0.05) is 0 Å². The summed E-state index contributed by atoms with van der Waals surface area (Å²) in [6.45, 7) is 6.36. The van der Waals surface area contributed by atoms with Crippen molar-refractivity contribution in [3.05, 3.63) is 6.42 Å². The van der Waals surface area contributed by atoms with Crippen LogP contribution < -0.4 is 0 Å². The van der Waals surface area contributed by atoms with Crippen molar-refractivity contribution >= 4 is 0 Å². The summed E-state index contributed by atoms with van der Waals surface area (Å²) >= 11 is 0. The summed E-state index contributed by atoms with van der Waals surface area (Å²) in [5.74, 6) is 0. The minimum atomic E-state index is 0.0263.